The molecule has 0 heterocycles. The fourth-order valence-electron chi connectivity index (χ4n) is 1.12. The molecule has 0 nitrogen and oxygen atoms in total. The molecule has 0 fully saturated rings. The second-order valence-electron chi connectivity index (χ2n) is 4.00. The molecule has 0 saturated heterocycles. The Labute approximate surface area is 117 Å². The van der Waals surface area contributed by atoms with Crippen LogP contribution in [0.15, 0.2) is 0 Å². The first kappa shape index (κ1) is 21.3. The van der Waals surface area contributed by atoms with E-state index in [1.165, 1.54) is 0 Å². The molecule has 0 unspecified atom stereocenters. The van der Waals surface area contributed by atoms with Gasteiger partial charge in [0.15, 0.2) is 0 Å². The summed E-state index contributed by atoms with van der Waals surface area (Å²) in [6, 6.07) is -1.15. The quantitative estimate of drug-likeness (QED) is 0.466. The summed E-state index contributed by atoms with van der Waals surface area (Å²) in [5.41, 5.74) is 0. The number of hydrogen-bond acceptors (Lipinski definition) is 0. The van der Waals surface area contributed by atoms with Crippen LogP contribution in [0.25, 0.3) is 0 Å². The van der Waals surface area contributed by atoms with E-state index in [1.807, 2.05) is 0 Å². The van der Waals surface area contributed by atoms with Crippen molar-refractivity contribution in [3.05, 3.63) is 0 Å². The topological polar surface area (TPSA) is 0 Å². The maximum absolute atomic E-state index is 12.9. The zero-order valence-corrected chi connectivity index (χ0v) is 10.8. The van der Waals surface area contributed by atoms with Crippen LogP contribution in [0, 0.1) is 0 Å². The Bertz CT molecular complexity index is 395. The summed E-state index contributed by atoms with van der Waals surface area (Å²) in [6.45, 7) is 0. The monoisotopic (exact) mass is 375 g/mol. The average Bonchev–Trinajstić information content (AvgIpc) is 2.26. The van der Waals surface area contributed by atoms with Crippen LogP contribution in [0.3, 0.4) is 0 Å². The highest BCUT2D eigenvalue weighted by atomic mass is 28.1. The van der Waals surface area contributed by atoms with Crippen LogP contribution in [-0.2, 0) is 0 Å². The minimum atomic E-state index is -7.82. The van der Waals surface area contributed by atoms with Crippen LogP contribution in [0.2, 0.25) is 6.04 Å². The molecule has 0 bridgehead atoms. The Balaban J connectivity index is 6.11. The first-order valence-corrected chi connectivity index (χ1v) is 5.62. The van der Waals surface area contributed by atoms with Gasteiger partial charge in [0.1, 0.15) is 0 Å². The molecule has 0 saturated carbocycles. The molecule has 0 rings (SSSR count). The fourth-order valence-corrected chi connectivity index (χ4v) is 1.43. The van der Waals surface area contributed by atoms with Gasteiger partial charge in [-0.05, 0) is 0 Å². The molecule has 0 aliphatic carbocycles. The van der Waals surface area contributed by atoms with Crippen LogP contribution in [0.1, 0.15) is 6.42 Å². The third-order valence-corrected chi connectivity index (χ3v) is 2.69. The van der Waals surface area contributed by atoms with Gasteiger partial charge in [0.05, 0.1) is 0 Å². The van der Waals surface area contributed by atoms with E-state index in [2.05, 4.69) is 10.2 Å². The second kappa shape index (κ2) is 5.44. The maximum Gasteiger partial charge on any atom is 0.460 e. The largest absolute Gasteiger partial charge is 0.460 e. The van der Waals surface area contributed by atoms with Crippen molar-refractivity contribution in [2.24, 2.45) is 0 Å². The molecule has 131 valence electrons. The lowest BCUT2D eigenvalue weighted by atomic mass is 9.93. The highest BCUT2D eigenvalue weighted by molar-refractivity contribution is 6.08. The third kappa shape index (κ3) is 2.77. The summed E-state index contributed by atoms with van der Waals surface area (Å²) in [4.78, 5) is 0. The van der Waals surface area contributed by atoms with Crippen LogP contribution in [0.5, 0.6) is 0 Å². The van der Waals surface area contributed by atoms with Gasteiger partial charge in [-0.1, -0.05) is 6.04 Å². The lowest BCUT2D eigenvalue weighted by Gasteiger charge is -2.39. The van der Waals surface area contributed by atoms with E-state index < -0.39 is 48.3 Å². The molecule has 22 heavy (non-hydrogen) atoms. The van der Waals surface area contributed by atoms with Crippen molar-refractivity contribution >= 4 is 10.2 Å². The summed E-state index contributed by atoms with van der Waals surface area (Å²) in [6.07, 6.45) is -9.60. The molecule has 0 aliphatic rings. The fraction of sp³-hybridized carbons (Fsp3) is 1.00. The van der Waals surface area contributed by atoms with Gasteiger partial charge >= 0.3 is 35.8 Å². The summed E-state index contributed by atoms with van der Waals surface area (Å²) in [5, 5.41) is 0. The number of hydrogen-bond donors (Lipinski definition) is 0. The molecule has 0 spiro atoms. The minimum Gasteiger partial charge on any atom is -0.200 e. The van der Waals surface area contributed by atoms with E-state index in [9.17, 15) is 57.1 Å². The zero-order valence-electron chi connectivity index (χ0n) is 9.83. The minimum absolute atomic E-state index is 1.15. The van der Waals surface area contributed by atoms with E-state index >= 15 is 0 Å². The normalized spacial score (nSPS) is 16.1. The van der Waals surface area contributed by atoms with Crippen LogP contribution >= 0.6 is 0 Å². The van der Waals surface area contributed by atoms with Crippen molar-refractivity contribution in [3.8, 4) is 0 Å². The van der Waals surface area contributed by atoms with Crippen molar-refractivity contribution < 1.29 is 57.1 Å². The van der Waals surface area contributed by atoms with Crippen molar-refractivity contribution in [2.45, 2.75) is 48.3 Å². The summed E-state index contributed by atoms with van der Waals surface area (Å²) in [5.74, 6) is -36.3. The maximum atomic E-state index is 12.9. The molecule has 0 atom stereocenters. The van der Waals surface area contributed by atoms with Crippen molar-refractivity contribution in [2.75, 3.05) is 0 Å². The molecule has 14 heteroatoms. The molecule has 3 radical (unpaired) electrons. The lowest BCUT2D eigenvalue weighted by Crippen LogP contribution is -2.70. The Hall–Kier alpha value is -0.693. The zero-order chi connectivity index (χ0) is 18.4. The Morgan fingerprint density at radius 2 is 0.818 bits per heavy atom. The van der Waals surface area contributed by atoms with E-state index in [1.54, 1.807) is 0 Å². The molecular weight excluding hydrogens is 371 g/mol. The van der Waals surface area contributed by atoms with Gasteiger partial charge in [0.25, 0.3) is 0 Å². The van der Waals surface area contributed by atoms with Crippen LogP contribution < -0.4 is 0 Å². The molecule has 0 N–H and O–H groups in total. The third-order valence-electron chi connectivity index (χ3n) is 2.44. The van der Waals surface area contributed by atoms with Gasteiger partial charge in [0.2, 0.25) is 0 Å². The molecule has 0 aromatic heterocycles. The standard InChI is InChI=1S/C8H4F13Si/c9-3(10,1-2-22)4(11,12)5(13,14)6(15,16)7(17,18)8(19,20)21/h1-2H2. The van der Waals surface area contributed by atoms with Gasteiger partial charge in [-0.25, -0.2) is 0 Å². The van der Waals surface area contributed by atoms with E-state index in [0.29, 0.717) is 0 Å². The van der Waals surface area contributed by atoms with E-state index in [4.69, 9.17) is 0 Å². The molecule has 0 aromatic carbocycles. The molecule has 0 amide bonds. The highest BCUT2D eigenvalue weighted by Gasteiger charge is 2.90. The Morgan fingerprint density at radius 3 is 1.09 bits per heavy atom. The van der Waals surface area contributed by atoms with Crippen molar-refractivity contribution in [1.82, 2.24) is 0 Å². The number of halogens is 13. The van der Waals surface area contributed by atoms with E-state index in [0.717, 1.165) is 0 Å². The van der Waals surface area contributed by atoms with Gasteiger partial charge < -0.3 is 0 Å². The van der Waals surface area contributed by atoms with Gasteiger partial charge in [-0.15, -0.1) is 0 Å². The molecular formula is C8H4F13Si. The SMILES string of the molecule is FC(F)(F)C(F)(F)C(F)(F)C(F)(F)C(F)(F)C(F)(F)CC[Si]. The van der Waals surface area contributed by atoms with Crippen molar-refractivity contribution in [3.63, 3.8) is 0 Å². The number of alkyl halides is 13. The van der Waals surface area contributed by atoms with Gasteiger partial charge in [-0.2, -0.15) is 57.1 Å². The first-order valence-electron chi connectivity index (χ1n) is 4.91. The summed E-state index contributed by atoms with van der Waals surface area (Å²) >= 11 is 0. The predicted octanol–water partition coefficient (Wildman–Crippen LogP) is 4.70. The van der Waals surface area contributed by atoms with E-state index in [-0.39, 0.29) is 0 Å². The highest BCUT2D eigenvalue weighted by Crippen LogP contribution is 2.60. The van der Waals surface area contributed by atoms with Crippen LogP contribution in [0.4, 0.5) is 57.1 Å². The van der Waals surface area contributed by atoms with Crippen molar-refractivity contribution in [1.29, 1.82) is 0 Å². The second-order valence-corrected chi connectivity index (χ2v) is 4.50. The lowest BCUT2D eigenvalue weighted by molar-refractivity contribution is -0.439. The Kier molecular flexibility index (Phi) is 5.27. The average molecular weight is 375 g/mol. The van der Waals surface area contributed by atoms with Gasteiger partial charge in [0, 0.05) is 16.7 Å². The molecule has 0 aliphatic heterocycles. The molecule has 0 aromatic rings. The number of rotatable bonds is 6. The van der Waals surface area contributed by atoms with Crippen LogP contribution in [-0.4, -0.2) is 46.0 Å². The van der Waals surface area contributed by atoms with Gasteiger partial charge in [-0.3, -0.25) is 0 Å². The first-order chi connectivity index (χ1) is 9.31. The Morgan fingerprint density at radius 1 is 0.500 bits per heavy atom. The summed E-state index contributed by atoms with van der Waals surface area (Å²) in [7, 11) is 2.14. The summed E-state index contributed by atoms with van der Waals surface area (Å²) < 4.78 is 162. The smallest absolute Gasteiger partial charge is 0.200 e. The predicted molar refractivity (Wildman–Crippen MR) is 46.0 cm³/mol.